The molecule has 0 heterocycles. The minimum absolute atomic E-state index is 0.285. The van der Waals surface area contributed by atoms with Gasteiger partial charge in [0, 0.05) is 18.8 Å². The van der Waals surface area contributed by atoms with E-state index in [1.807, 2.05) is 12.1 Å². The number of anilines is 2. The number of halogens is 1. The number of hydrogen-bond donors (Lipinski definition) is 2. The summed E-state index contributed by atoms with van der Waals surface area (Å²) in [7, 11) is 1.75. The third kappa shape index (κ3) is 3.51. The lowest BCUT2D eigenvalue weighted by molar-refractivity contribution is 0.102. The van der Waals surface area contributed by atoms with Crippen molar-refractivity contribution in [1.82, 2.24) is 0 Å². The molecular weight excluding hydrogens is 271 g/mol. The lowest BCUT2D eigenvalue weighted by Crippen LogP contribution is -2.14. The molecule has 2 aromatic rings. The second-order valence-electron chi connectivity index (χ2n) is 4.32. The highest BCUT2D eigenvalue weighted by Crippen LogP contribution is 2.26. The highest BCUT2D eigenvalue weighted by atomic mass is 19.1. The number of carbonyl (C=O) groups excluding carboxylic acids is 1. The van der Waals surface area contributed by atoms with E-state index in [0.29, 0.717) is 23.6 Å². The monoisotopic (exact) mass is 288 g/mol. The van der Waals surface area contributed by atoms with Gasteiger partial charge in [-0.15, -0.1) is 0 Å². The van der Waals surface area contributed by atoms with Gasteiger partial charge in [0.05, 0.1) is 17.9 Å². The highest BCUT2D eigenvalue weighted by Gasteiger charge is 2.13. The van der Waals surface area contributed by atoms with Gasteiger partial charge in [-0.05, 0) is 31.2 Å². The second kappa shape index (κ2) is 6.74. The summed E-state index contributed by atoms with van der Waals surface area (Å²) in [6.07, 6.45) is 0. The quantitative estimate of drug-likeness (QED) is 0.885. The van der Waals surface area contributed by atoms with Gasteiger partial charge in [-0.25, -0.2) is 4.39 Å². The number of para-hydroxylation sites is 1. The van der Waals surface area contributed by atoms with Gasteiger partial charge in [-0.1, -0.05) is 12.1 Å². The van der Waals surface area contributed by atoms with Crippen LogP contribution in [0.2, 0.25) is 0 Å². The van der Waals surface area contributed by atoms with Crippen LogP contribution in [0.4, 0.5) is 15.8 Å². The van der Waals surface area contributed by atoms with Gasteiger partial charge in [0.1, 0.15) is 11.6 Å². The van der Waals surface area contributed by atoms with Gasteiger partial charge in [0.2, 0.25) is 0 Å². The van der Waals surface area contributed by atoms with Crippen molar-refractivity contribution in [3.63, 3.8) is 0 Å². The summed E-state index contributed by atoms with van der Waals surface area (Å²) in [6.45, 7) is 2.19. The summed E-state index contributed by atoms with van der Waals surface area (Å²) in [6, 6.07) is 11.2. The van der Waals surface area contributed by atoms with Crippen molar-refractivity contribution in [3.05, 3.63) is 53.8 Å². The van der Waals surface area contributed by atoms with E-state index >= 15 is 0 Å². The Labute approximate surface area is 122 Å². The van der Waals surface area contributed by atoms with Crippen LogP contribution in [0, 0.1) is 5.82 Å². The van der Waals surface area contributed by atoms with Crippen molar-refractivity contribution >= 4 is 17.3 Å². The highest BCUT2D eigenvalue weighted by molar-refractivity contribution is 6.08. The molecular formula is C16H17FN2O2. The fraction of sp³-hybridized carbons (Fsp3) is 0.188. The van der Waals surface area contributed by atoms with Gasteiger partial charge < -0.3 is 15.4 Å². The van der Waals surface area contributed by atoms with E-state index in [9.17, 15) is 9.18 Å². The van der Waals surface area contributed by atoms with Gasteiger partial charge >= 0.3 is 0 Å². The molecule has 1 amide bonds. The topological polar surface area (TPSA) is 50.4 Å². The van der Waals surface area contributed by atoms with Crippen molar-refractivity contribution in [2.24, 2.45) is 0 Å². The minimum Gasteiger partial charge on any atom is -0.492 e. The third-order valence-corrected chi connectivity index (χ3v) is 2.93. The zero-order valence-corrected chi connectivity index (χ0v) is 11.9. The van der Waals surface area contributed by atoms with Crippen LogP contribution in [0.25, 0.3) is 0 Å². The molecule has 0 aromatic heterocycles. The van der Waals surface area contributed by atoms with E-state index in [1.54, 1.807) is 26.1 Å². The summed E-state index contributed by atoms with van der Waals surface area (Å²) in [5.41, 5.74) is 1.66. The van der Waals surface area contributed by atoms with Crippen LogP contribution in [-0.4, -0.2) is 19.6 Å². The van der Waals surface area contributed by atoms with Crippen molar-refractivity contribution in [2.75, 3.05) is 24.3 Å². The zero-order valence-electron chi connectivity index (χ0n) is 11.9. The lowest BCUT2D eigenvalue weighted by Gasteiger charge is -2.13. The Bertz CT molecular complexity index is 644. The molecule has 2 aromatic carbocycles. The SMILES string of the molecule is CCOc1cc(F)ccc1NC(=O)c1ccccc1NC. The first-order valence-electron chi connectivity index (χ1n) is 6.66. The predicted molar refractivity (Wildman–Crippen MR) is 81.5 cm³/mol. The number of rotatable bonds is 5. The fourth-order valence-electron chi connectivity index (χ4n) is 1.96. The molecule has 2 rings (SSSR count). The first kappa shape index (κ1) is 14.8. The van der Waals surface area contributed by atoms with Crippen LogP contribution in [-0.2, 0) is 0 Å². The molecule has 4 nitrogen and oxygen atoms in total. The summed E-state index contributed by atoms with van der Waals surface area (Å²) in [5.74, 6) is -0.382. The van der Waals surface area contributed by atoms with Crippen molar-refractivity contribution in [2.45, 2.75) is 6.92 Å². The Morgan fingerprint density at radius 2 is 1.95 bits per heavy atom. The van der Waals surface area contributed by atoms with E-state index in [-0.39, 0.29) is 5.91 Å². The largest absolute Gasteiger partial charge is 0.492 e. The number of hydrogen-bond acceptors (Lipinski definition) is 3. The average Bonchev–Trinajstić information content (AvgIpc) is 2.50. The van der Waals surface area contributed by atoms with Crippen molar-refractivity contribution in [3.8, 4) is 5.75 Å². The van der Waals surface area contributed by atoms with Crippen LogP contribution < -0.4 is 15.4 Å². The summed E-state index contributed by atoms with van der Waals surface area (Å²) < 4.78 is 18.6. The number of ether oxygens (including phenoxy) is 1. The second-order valence-corrected chi connectivity index (χ2v) is 4.32. The molecule has 0 bridgehead atoms. The Hall–Kier alpha value is -2.56. The first-order chi connectivity index (χ1) is 10.2. The zero-order chi connectivity index (χ0) is 15.2. The molecule has 0 unspecified atom stereocenters. The Morgan fingerprint density at radius 3 is 2.67 bits per heavy atom. The van der Waals surface area contributed by atoms with Crippen LogP contribution in [0.5, 0.6) is 5.75 Å². The molecule has 110 valence electrons. The normalized spacial score (nSPS) is 10.0. The molecule has 0 aliphatic heterocycles. The Morgan fingerprint density at radius 1 is 1.19 bits per heavy atom. The maximum Gasteiger partial charge on any atom is 0.257 e. The molecule has 0 spiro atoms. The molecule has 21 heavy (non-hydrogen) atoms. The van der Waals surface area contributed by atoms with E-state index < -0.39 is 5.82 Å². The third-order valence-electron chi connectivity index (χ3n) is 2.93. The summed E-state index contributed by atoms with van der Waals surface area (Å²) >= 11 is 0. The molecule has 0 atom stereocenters. The van der Waals surface area contributed by atoms with Crippen LogP contribution >= 0.6 is 0 Å². The molecule has 0 aliphatic carbocycles. The molecule has 0 saturated heterocycles. The van der Waals surface area contributed by atoms with E-state index in [0.717, 1.165) is 5.69 Å². The van der Waals surface area contributed by atoms with Gasteiger partial charge in [-0.2, -0.15) is 0 Å². The first-order valence-corrected chi connectivity index (χ1v) is 6.66. The van der Waals surface area contributed by atoms with Crippen molar-refractivity contribution < 1.29 is 13.9 Å². The lowest BCUT2D eigenvalue weighted by atomic mass is 10.1. The van der Waals surface area contributed by atoms with Gasteiger partial charge in [0.25, 0.3) is 5.91 Å². The molecule has 5 heteroatoms. The van der Waals surface area contributed by atoms with Crippen LogP contribution in [0.3, 0.4) is 0 Å². The predicted octanol–water partition coefficient (Wildman–Crippen LogP) is 3.52. The minimum atomic E-state index is -0.410. The van der Waals surface area contributed by atoms with E-state index in [1.165, 1.54) is 18.2 Å². The molecule has 0 aliphatic rings. The van der Waals surface area contributed by atoms with Crippen LogP contribution in [0.1, 0.15) is 17.3 Å². The smallest absolute Gasteiger partial charge is 0.257 e. The summed E-state index contributed by atoms with van der Waals surface area (Å²) in [5, 5.41) is 5.70. The molecule has 0 saturated carbocycles. The maximum atomic E-state index is 13.2. The standard InChI is InChI=1S/C16H17FN2O2/c1-3-21-15-10-11(17)8-9-14(15)19-16(20)12-6-4-5-7-13(12)18-2/h4-10,18H,3H2,1-2H3,(H,19,20). The van der Waals surface area contributed by atoms with E-state index in [2.05, 4.69) is 10.6 Å². The number of amides is 1. The number of carbonyl (C=O) groups is 1. The van der Waals surface area contributed by atoms with Gasteiger partial charge in [0.15, 0.2) is 0 Å². The van der Waals surface area contributed by atoms with Gasteiger partial charge in [-0.3, -0.25) is 4.79 Å². The Kier molecular flexibility index (Phi) is 4.77. The maximum absolute atomic E-state index is 13.2. The molecule has 2 N–H and O–H groups in total. The fourth-order valence-corrected chi connectivity index (χ4v) is 1.96. The average molecular weight is 288 g/mol. The van der Waals surface area contributed by atoms with E-state index in [4.69, 9.17) is 4.74 Å². The molecule has 0 radical (unpaired) electrons. The van der Waals surface area contributed by atoms with Crippen molar-refractivity contribution in [1.29, 1.82) is 0 Å². The number of nitrogens with one attached hydrogen (secondary N) is 2. The summed E-state index contributed by atoms with van der Waals surface area (Å²) in [4.78, 5) is 12.3. The number of benzene rings is 2. The van der Waals surface area contributed by atoms with Crippen LogP contribution in [0.15, 0.2) is 42.5 Å². The Balaban J connectivity index is 2.27. The molecule has 0 fully saturated rings.